The summed E-state index contributed by atoms with van der Waals surface area (Å²) >= 11 is 5.75. The van der Waals surface area contributed by atoms with Gasteiger partial charge in [-0.05, 0) is 30.7 Å². The number of halogens is 1. The topological polar surface area (TPSA) is 124 Å². The highest BCUT2D eigenvalue weighted by Crippen LogP contribution is 2.27. The molecule has 11 heteroatoms. The number of rotatable bonds is 6. The zero-order valence-corrected chi connectivity index (χ0v) is 18.8. The number of para-hydroxylation sites is 1. The van der Waals surface area contributed by atoms with Gasteiger partial charge >= 0.3 is 0 Å². The van der Waals surface area contributed by atoms with Crippen LogP contribution in [0.25, 0.3) is 10.9 Å². The van der Waals surface area contributed by atoms with Crippen LogP contribution >= 0.6 is 11.6 Å². The van der Waals surface area contributed by atoms with E-state index in [1.165, 1.54) is 0 Å². The molecule has 9 nitrogen and oxygen atoms in total. The average molecular weight is 485 g/mol. The minimum Gasteiger partial charge on any atom is -0.266 e. The molecule has 0 aliphatic heterocycles. The van der Waals surface area contributed by atoms with E-state index in [1.54, 1.807) is 28.9 Å². The third-order valence-electron chi connectivity index (χ3n) is 4.98. The number of aromatic nitrogens is 2. The number of benzene rings is 3. The molecular weight excluding hydrogens is 468 g/mol. The van der Waals surface area contributed by atoms with Crippen molar-refractivity contribution in [1.29, 1.82) is 0 Å². The van der Waals surface area contributed by atoms with E-state index in [-0.39, 0.29) is 10.7 Å². The molecule has 168 valence electrons. The lowest BCUT2D eigenvalue weighted by molar-refractivity contribution is -0.384. The van der Waals surface area contributed by atoms with Gasteiger partial charge < -0.3 is 0 Å². The van der Waals surface area contributed by atoms with Gasteiger partial charge in [-0.3, -0.25) is 19.6 Å². The maximum Gasteiger partial charge on any atom is 0.289 e. The highest BCUT2D eigenvalue weighted by Gasteiger charge is 2.26. The van der Waals surface area contributed by atoms with Crippen molar-refractivity contribution in [2.24, 2.45) is 0 Å². The first kappa shape index (κ1) is 22.4. The zero-order valence-electron chi connectivity index (χ0n) is 17.2. The molecule has 0 spiro atoms. The molecular formula is C22H17ClN4O5S. The molecule has 1 N–H and O–H groups in total. The number of carbonyl (C=O) groups excluding carboxylic acids is 1. The van der Waals surface area contributed by atoms with Crippen molar-refractivity contribution in [3.8, 4) is 0 Å². The molecule has 0 fully saturated rings. The van der Waals surface area contributed by atoms with Crippen molar-refractivity contribution in [2.75, 3.05) is 0 Å². The average Bonchev–Trinajstić information content (AvgIpc) is 3.14. The van der Waals surface area contributed by atoms with Crippen LogP contribution in [-0.2, 0) is 16.6 Å². The first-order valence-electron chi connectivity index (χ1n) is 9.68. The fourth-order valence-corrected chi connectivity index (χ4v) is 4.47. The van der Waals surface area contributed by atoms with Crippen LogP contribution in [0.3, 0.4) is 0 Å². The van der Waals surface area contributed by atoms with Gasteiger partial charge in [0.25, 0.3) is 21.6 Å². The number of nitrogens with one attached hydrogen (secondary N) is 1. The van der Waals surface area contributed by atoms with Gasteiger partial charge in [0.2, 0.25) is 0 Å². The van der Waals surface area contributed by atoms with Crippen LogP contribution in [-0.4, -0.2) is 29.0 Å². The Morgan fingerprint density at radius 3 is 2.52 bits per heavy atom. The van der Waals surface area contributed by atoms with Crippen molar-refractivity contribution in [1.82, 2.24) is 14.5 Å². The highest BCUT2D eigenvalue weighted by atomic mass is 35.5. The summed E-state index contributed by atoms with van der Waals surface area (Å²) in [6, 6.07) is 17.8. The molecule has 1 heterocycles. The number of hydrogen-bond acceptors (Lipinski definition) is 6. The number of nitro groups is 1. The van der Waals surface area contributed by atoms with Gasteiger partial charge in [-0.15, -0.1) is 0 Å². The molecule has 0 aliphatic carbocycles. The van der Waals surface area contributed by atoms with Gasteiger partial charge in [-0.2, -0.15) is 5.10 Å². The fraction of sp³-hybridized carbons (Fsp3) is 0.0909. The van der Waals surface area contributed by atoms with Crippen molar-refractivity contribution >= 4 is 44.1 Å². The van der Waals surface area contributed by atoms with Gasteiger partial charge in [-0.1, -0.05) is 59.6 Å². The maximum atomic E-state index is 12.9. The van der Waals surface area contributed by atoms with E-state index in [0.717, 1.165) is 29.3 Å². The van der Waals surface area contributed by atoms with Crippen LogP contribution in [0, 0.1) is 17.0 Å². The third kappa shape index (κ3) is 4.57. The molecule has 0 saturated heterocycles. The Balaban J connectivity index is 1.68. The van der Waals surface area contributed by atoms with Gasteiger partial charge in [0.15, 0.2) is 5.69 Å². The molecule has 4 rings (SSSR count). The number of hydrogen-bond donors (Lipinski definition) is 1. The largest absolute Gasteiger partial charge is 0.289 e. The van der Waals surface area contributed by atoms with E-state index in [9.17, 15) is 23.3 Å². The number of fused-ring (bicyclic) bond motifs is 1. The predicted molar refractivity (Wildman–Crippen MR) is 123 cm³/mol. The summed E-state index contributed by atoms with van der Waals surface area (Å²) in [7, 11) is -4.42. The third-order valence-corrected chi connectivity index (χ3v) is 6.63. The molecule has 4 aromatic rings. The van der Waals surface area contributed by atoms with E-state index in [2.05, 4.69) is 5.10 Å². The molecule has 1 amide bonds. The van der Waals surface area contributed by atoms with Crippen LogP contribution in [0.1, 0.15) is 21.6 Å². The normalized spacial score (nSPS) is 11.5. The Bertz CT molecular complexity index is 1500. The maximum absolute atomic E-state index is 12.9. The van der Waals surface area contributed by atoms with Crippen molar-refractivity contribution < 1.29 is 18.1 Å². The Morgan fingerprint density at radius 2 is 1.82 bits per heavy atom. The van der Waals surface area contributed by atoms with Crippen LogP contribution in [0.15, 0.2) is 71.6 Å². The molecule has 33 heavy (non-hydrogen) atoms. The van der Waals surface area contributed by atoms with Crippen LogP contribution < -0.4 is 4.72 Å². The lowest BCUT2D eigenvalue weighted by Crippen LogP contribution is -2.31. The van der Waals surface area contributed by atoms with Crippen molar-refractivity contribution in [2.45, 2.75) is 18.4 Å². The van der Waals surface area contributed by atoms with Crippen molar-refractivity contribution in [3.63, 3.8) is 0 Å². The summed E-state index contributed by atoms with van der Waals surface area (Å²) in [6.07, 6.45) is 0. The SMILES string of the molecule is Cc1ccc(Cn2nc(C(=O)NS(=O)(=O)c3ccc(Cl)c([N+](=O)[O-])c3)c3ccccc32)cc1. The van der Waals surface area contributed by atoms with Gasteiger partial charge in [0, 0.05) is 11.5 Å². The molecule has 0 radical (unpaired) electrons. The minimum atomic E-state index is -4.42. The van der Waals surface area contributed by atoms with E-state index < -0.39 is 31.4 Å². The molecule has 0 aliphatic rings. The second-order valence-corrected chi connectivity index (χ2v) is 9.40. The van der Waals surface area contributed by atoms with Crippen LogP contribution in [0.5, 0.6) is 0 Å². The second kappa shape index (κ2) is 8.64. The standard InChI is InChI=1S/C22H17ClN4O5S/c1-14-6-8-15(9-7-14)13-26-19-5-3-2-4-17(19)21(24-26)22(28)25-33(31,32)16-10-11-18(23)20(12-16)27(29)30/h2-12H,13H2,1H3,(H,25,28). The fourth-order valence-electron chi connectivity index (χ4n) is 3.31. The monoisotopic (exact) mass is 484 g/mol. The first-order chi connectivity index (χ1) is 15.7. The number of amides is 1. The molecule has 0 saturated carbocycles. The Morgan fingerprint density at radius 1 is 1.12 bits per heavy atom. The van der Waals surface area contributed by atoms with E-state index in [4.69, 9.17) is 11.6 Å². The summed E-state index contributed by atoms with van der Waals surface area (Å²) in [5, 5.41) is 15.7. The van der Waals surface area contributed by atoms with Gasteiger partial charge in [0.05, 0.1) is 21.9 Å². The Labute approximate surface area is 193 Å². The van der Waals surface area contributed by atoms with Crippen molar-refractivity contribution in [3.05, 3.63) is 98.7 Å². The zero-order chi connectivity index (χ0) is 23.8. The minimum absolute atomic E-state index is 0.0789. The van der Waals surface area contributed by atoms with Crippen LogP contribution in [0.2, 0.25) is 5.02 Å². The Kier molecular flexibility index (Phi) is 5.88. The van der Waals surface area contributed by atoms with E-state index >= 15 is 0 Å². The number of nitrogens with zero attached hydrogens (tertiary/aromatic N) is 3. The summed E-state index contributed by atoms with van der Waals surface area (Å²) in [5.74, 6) is -0.952. The molecule has 0 unspecified atom stereocenters. The molecule has 0 atom stereocenters. The lowest BCUT2D eigenvalue weighted by Gasteiger charge is -2.06. The van der Waals surface area contributed by atoms with Gasteiger partial charge in [0.1, 0.15) is 5.02 Å². The number of carbonyl (C=O) groups is 1. The van der Waals surface area contributed by atoms with E-state index in [0.29, 0.717) is 17.4 Å². The summed E-state index contributed by atoms with van der Waals surface area (Å²) in [5.41, 5.74) is 2.06. The van der Waals surface area contributed by atoms with Gasteiger partial charge in [-0.25, -0.2) is 13.1 Å². The van der Waals surface area contributed by atoms with E-state index in [1.807, 2.05) is 35.9 Å². The number of nitro benzene ring substituents is 1. The second-order valence-electron chi connectivity index (χ2n) is 7.31. The first-order valence-corrected chi connectivity index (χ1v) is 11.5. The Hall–Kier alpha value is -3.76. The number of sulfonamides is 1. The van der Waals surface area contributed by atoms with Crippen LogP contribution in [0.4, 0.5) is 5.69 Å². The number of aryl methyl sites for hydroxylation is 1. The molecule has 3 aromatic carbocycles. The smallest absolute Gasteiger partial charge is 0.266 e. The summed E-state index contributed by atoms with van der Waals surface area (Å²) in [6.45, 7) is 2.36. The predicted octanol–water partition coefficient (Wildman–Crippen LogP) is 4.07. The quantitative estimate of drug-likeness (QED) is 0.325. The summed E-state index contributed by atoms with van der Waals surface area (Å²) < 4.78 is 29.0. The lowest BCUT2D eigenvalue weighted by atomic mass is 10.1. The molecule has 0 bridgehead atoms. The summed E-state index contributed by atoms with van der Waals surface area (Å²) in [4.78, 5) is 22.7. The highest BCUT2D eigenvalue weighted by molar-refractivity contribution is 7.90. The molecule has 1 aromatic heterocycles.